The molecule has 26 heavy (non-hydrogen) atoms. The van der Waals surface area contributed by atoms with E-state index in [9.17, 15) is 9.59 Å². The molecule has 1 fully saturated rings. The van der Waals surface area contributed by atoms with Crippen LogP contribution in [0.25, 0.3) is 11.5 Å². The summed E-state index contributed by atoms with van der Waals surface area (Å²) in [5, 5.41) is 14.7. The Hall–Kier alpha value is -2.94. The number of rotatable bonds is 6. The molecular weight excluding hydrogens is 354 g/mol. The Labute approximate surface area is 153 Å². The highest BCUT2D eigenvalue weighted by Gasteiger charge is 2.26. The van der Waals surface area contributed by atoms with Crippen molar-refractivity contribution in [1.82, 2.24) is 20.5 Å². The standard InChI is InChI=1S/C17H17N5O3S/c1-9(23)18-7-11-4-5-15(25-11)14-8-26-17(19-14)20-16(24)13-6-12(21-22-13)10-2-3-10/h4-6,8,10H,2-3,7H2,1H3,(H,18,23)(H,21,22)(H,19,20,24). The number of thiazole rings is 1. The monoisotopic (exact) mass is 371 g/mol. The van der Waals surface area contributed by atoms with E-state index < -0.39 is 0 Å². The molecule has 4 rings (SSSR count). The van der Waals surface area contributed by atoms with Crippen LogP contribution >= 0.6 is 11.3 Å². The first-order valence-corrected chi connectivity index (χ1v) is 9.12. The lowest BCUT2D eigenvalue weighted by Gasteiger charge is -1.98. The van der Waals surface area contributed by atoms with Gasteiger partial charge in [0.1, 0.15) is 11.5 Å². The molecule has 3 aromatic heterocycles. The topological polar surface area (TPSA) is 113 Å². The molecular formula is C17H17N5O3S. The van der Waals surface area contributed by atoms with Gasteiger partial charge in [0.2, 0.25) is 5.91 Å². The summed E-state index contributed by atoms with van der Waals surface area (Å²) < 4.78 is 5.66. The second-order valence-corrected chi connectivity index (χ2v) is 7.01. The summed E-state index contributed by atoms with van der Waals surface area (Å²) in [4.78, 5) is 27.6. The van der Waals surface area contributed by atoms with Crippen molar-refractivity contribution < 1.29 is 14.0 Å². The van der Waals surface area contributed by atoms with Crippen LogP contribution in [0, 0.1) is 0 Å². The molecule has 3 N–H and O–H groups in total. The van der Waals surface area contributed by atoms with Gasteiger partial charge in [-0.25, -0.2) is 4.98 Å². The van der Waals surface area contributed by atoms with Crippen molar-refractivity contribution in [3.8, 4) is 11.5 Å². The number of anilines is 1. The quantitative estimate of drug-likeness (QED) is 0.617. The van der Waals surface area contributed by atoms with Crippen LogP contribution in [0.4, 0.5) is 5.13 Å². The van der Waals surface area contributed by atoms with Gasteiger partial charge in [-0.1, -0.05) is 0 Å². The van der Waals surface area contributed by atoms with E-state index in [0.717, 1.165) is 18.5 Å². The third-order valence-electron chi connectivity index (χ3n) is 4.00. The maximum atomic E-state index is 12.3. The van der Waals surface area contributed by atoms with Gasteiger partial charge < -0.3 is 9.73 Å². The van der Waals surface area contributed by atoms with Crippen molar-refractivity contribution in [3.05, 3.63) is 40.7 Å². The van der Waals surface area contributed by atoms with Crippen LogP contribution in [0.3, 0.4) is 0 Å². The van der Waals surface area contributed by atoms with Crippen molar-refractivity contribution >= 4 is 28.3 Å². The number of nitrogens with one attached hydrogen (secondary N) is 3. The molecule has 0 aromatic carbocycles. The Morgan fingerprint density at radius 2 is 2.23 bits per heavy atom. The van der Waals surface area contributed by atoms with Crippen LogP contribution < -0.4 is 10.6 Å². The number of hydrogen-bond donors (Lipinski definition) is 3. The van der Waals surface area contributed by atoms with E-state index in [4.69, 9.17) is 4.42 Å². The maximum absolute atomic E-state index is 12.3. The summed E-state index contributed by atoms with van der Waals surface area (Å²) >= 11 is 1.31. The third kappa shape index (κ3) is 3.67. The average Bonchev–Trinajstić information content (AvgIpc) is 3.05. The lowest BCUT2D eigenvalue weighted by Crippen LogP contribution is -2.18. The van der Waals surface area contributed by atoms with Crippen LogP contribution in [-0.4, -0.2) is 27.0 Å². The van der Waals surface area contributed by atoms with Gasteiger partial charge in [-0.05, 0) is 31.0 Å². The molecule has 1 saturated carbocycles. The number of H-pyrrole nitrogens is 1. The van der Waals surface area contributed by atoms with Crippen LogP contribution in [-0.2, 0) is 11.3 Å². The lowest BCUT2D eigenvalue weighted by atomic mass is 10.2. The van der Waals surface area contributed by atoms with Gasteiger partial charge in [0.25, 0.3) is 5.91 Å². The van der Waals surface area contributed by atoms with Crippen molar-refractivity contribution in [2.24, 2.45) is 0 Å². The number of aromatic amines is 1. The number of carbonyl (C=O) groups is 2. The van der Waals surface area contributed by atoms with E-state index in [1.54, 1.807) is 23.6 Å². The summed E-state index contributed by atoms with van der Waals surface area (Å²) in [6.45, 7) is 1.78. The first-order valence-electron chi connectivity index (χ1n) is 8.24. The molecule has 0 unspecified atom stereocenters. The minimum absolute atomic E-state index is 0.121. The molecule has 1 aliphatic rings. The van der Waals surface area contributed by atoms with E-state index in [2.05, 4.69) is 25.8 Å². The highest BCUT2D eigenvalue weighted by Crippen LogP contribution is 2.39. The molecule has 0 radical (unpaired) electrons. The smallest absolute Gasteiger partial charge is 0.277 e. The van der Waals surface area contributed by atoms with Gasteiger partial charge >= 0.3 is 0 Å². The van der Waals surface area contributed by atoms with Crippen molar-refractivity contribution in [2.45, 2.75) is 32.2 Å². The summed E-state index contributed by atoms with van der Waals surface area (Å²) in [5.41, 5.74) is 2.00. The number of hydrogen-bond acceptors (Lipinski definition) is 6. The van der Waals surface area contributed by atoms with Crippen LogP contribution in [0.1, 0.15) is 47.6 Å². The predicted molar refractivity (Wildman–Crippen MR) is 95.9 cm³/mol. The van der Waals surface area contributed by atoms with Crippen LogP contribution in [0.15, 0.2) is 28.0 Å². The normalized spacial score (nSPS) is 13.6. The van der Waals surface area contributed by atoms with Crippen LogP contribution in [0.5, 0.6) is 0 Å². The SMILES string of the molecule is CC(=O)NCc1ccc(-c2csc(NC(=O)c3cc(C4CC4)[nH]n3)n2)o1. The zero-order valence-electron chi connectivity index (χ0n) is 14.0. The summed E-state index contributed by atoms with van der Waals surface area (Å²) in [6.07, 6.45) is 2.29. The molecule has 0 aliphatic heterocycles. The Balaban J connectivity index is 1.40. The minimum atomic E-state index is -0.292. The largest absolute Gasteiger partial charge is 0.458 e. The van der Waals surface area contributed by atoms with E-state index >= 15 is 0 Å². The van der Waals surface area contributed by atoms with Crippen molar-refractivity contribution in [3.63, 3.8) is 0 Å². The summed E-state index contributed by atoms with van der Waals surface area (Å²) in [7, 11) is 0. The van der Waals surface area contributed by atoms with E-state index in [-0.39, 0.29) is 11.8 Å². The number of carbonyl (C=O) groups excluding carboxylic acids is 2. The molecule has 0 spiro atoms. The fourth-order valence-corrected chi connectivity index (χ4v) is 3.18. The molecule has 1 aliphatic carbocycles. The highest BCUT2D eigenvalue weighted by atomic mass is 32.1. The molecule has 134 valence electrons. The lowest BCUT2D eigenvalue weighted by molar-refractivity contribution is -0.119. The third-order valence-corrected chi connectivity index (χ3v) is 4.76. The second-order valence-electron chi connectivity index (χ2n) is 6.15. The molecule has 0 atom stereocenters. The zero-order chi connectivity index (χ0) is 18.1. The highest BCUT2D eigenvalue weighted by molar-refractivity contribution is 7.14. The van der Waals surface area contributed by atoms with Gasteiger partial charge in [0.05, 0.1) is 6.54 Å². The predicted octanol–water partition coefficient (Wildman–Crippen LogP) is 2.89. The minimum Gasteiger partial charge on any atom is -0.458 e. The average molecular weight is 371 g/mol. The van der Waals surface area contributed by atoms with Crippen LogP contribution in [0.2, 0.25) is 0 Å². The Kier molecular flexibility index (Phi) is 4.29. The van der Waals surface area contributed by atoms with Gasteiger partial charge in [0.15, 0.2) is 16.6 Å². The number of furan rings is 1. The molecule has 8 nitrogen and oxygen atoms in total. The van der Waals surface area contributed by atoms with Gasteiger partial charge in [-0.3, -0.25) is 20.0 Å². The number of amides is 2. The molecule has 3 heterocycles. The number of nitrogens with zero attached hydrogens (tertiary/aromatic N) is 2. The van der Waals surface area contributed by atoms with E-state index in [1.807, 2.05) is 0 Å². The fourth-order valence-electron chi connectivity index (χ4n) is 2.48. The van der Waals surface area contributed by atoms with Gasteiger partial charge in [-0.15, -0.1) is 11.3 Å². The summed E-state index contributed by atoms with van der Waals surface area (Å²) in [6, 6.07) is 5.36. The molecule has 2 amide bonds. The fraction of sp³-hybridized carbons (Fsp3) is 0.294. The Morgan fingerprint density at radius 3 is 3.00 bits per heavy atom. The second kappa shape index (κ2) is 6.75. The van der Waals surface area contributed by atoms with Crippen molar-refractivity contribution in [2.75, 3.05) is 5.32 Å². The first kappa shape index (κ1) is 16.5. The van der Waals surface area contributed by atoms with Crippen molar-refractivity contribution in [1.29, 1.82) is 0 Å². The Bertz CT molecular complexity index is 953. The Morgan fingerprint density at radius 1 is 1.38 bits per heavy atom. The molecule has 0 saturated heterocycles. The van der Waals surface area contributed by atoms with E-state index in [0.29, 0.717) is 40.5 Å². The van der Waals surface area contributed by atoms with E-state index in [1.165, 1.54) is 18.3 Å². The summed E-state index contributed by atoms with van der Waals surface area (Å²) in [5.74, 6) is 1.32. The van der Waals surface area contributed by atoms with Gasteiger partial charge in [0, 0.05) is 23.9 Å². The molecule has 3 aromatic rings. The van der Waals surface area contributed by atoms with Gasteiger partial charge in [-0.2, -0.15) is 5.10 Å². The molecule has 9 heteroatoms. The molecule has 0 bridgehead atoms. The first-order chi connectivity index (χ1) is 12.6. The number of aromatic nitrogens is 3. The zero-order valence-corrected chi connectivity index (χ0v) is 14.9. The maximum Gasteiger partial charge on any atom is 0.277 e.